The van der Waals surface area contributed by atoms with Gasteiger partial charge in [0, 0.05) is 42.5 Å². The average Bonchev–Trinajstić information content (AvgIpc) is 3.15. The fourth-order valence-electron chi connectivity index (χ4n) is 3.23. The first-order chi connectivity index (χ1) is 13.0. The smallest absolute Gasteiger partial charge is 0.273 e. The number of aromatic hydroxyl groups is 1. The number of nitro benzene ring substituents is 1. The van der Waals surface area contributed by atoms with Crippen LogP contribution in [0.1, 0.15) is 34.3 Å². The van der Waals surface area contributed by atoms with E-state index in [0.29, 0.717) is 24.3 Å². The van der Waals surface area contributed by atoms with Gasteiger partial charge in [-0.05, 0) is 31.9 Å². The fourth-order valence-corrected chi connectivity index (χ4v) is 3.23. The number of hydrogen-bond donors (Lipinski definition) is 1. The molecule has 0 bridgehead atoms. The first kappa shape index (κ1) is 18.8. The molecule has 1 aliphatic heterocycles. The van der Waals surface area contributed by atoms with E-state index in [9.17, 15) is 20.0 Å². The Labute approximate surface area is 157 Å². The van der Waals surface area contributed by atoms with Crippen molar-refractivity contribution in [2.24, 2.45) is 0 Å². The minimum Gasteiger partial charge on any atom is -0.508 e. The van der Waals surface area contributed by atoms with Crippen LogP contribution in [-0.4, -0.2) is 40.1 Å². The summed E-state index contributed by atoms with van der Waals surface area (Å²) in [6, 6.07) is 11.3. The number of rotatable bonds is 6. The Kier molecular flexibility index (Phi) is 5.71. The number of nitro groups is 1. The van der Waals surface area contributed by atoms with Crippen LogP contribution < -0.4 is 0 Å². The summed E-state index contributed by atoms with van der Waals surface area (Å²) in [7, 11) is 0. The Morgan fingerprint density at radius 1 is 1.33 bits per heavy atom. The Morgan fingerprint density at radius 3 is 2.78 bits per heavy atom. The Balaban J connectivity index is 1.89. The summed E-state index contributed by atoms with van der Waals surface area (Å²) in [6.45, 7) is 2.87. The van der Waals surface area contributed by atoms with Crippen LogP contribution >= 0.6 is 0 Å². The zero-order chi connectivity index (χ0) is 19.4. The molecule has 0 saturated carbocycles. The summed E-state index contributed by atoms with van der Waals surface area (Å²) in [5.74, 6) is -0.214. The second-order valence-electron chi connectivity index (χ2n) is 6.71. The maximum absolute atomic E-state index is 13.1. The molecule has 3 rings (SSSR count). The largest absolute Gasteiger partial charge is 0.508 e. The average molecular weight is 370 g/mol. The van der Waals surface area contributed by atoms with Crippen molar-refractivity contribution in [1.29, 1.82) is 0 Å². The Hall–Kier alpha value is -2.93. The Bertz CT molecular complexity index is 846. The van der Waals surface area contributed by atoms with Crippen molar-refractivity contribution in [2.75, 3.05) is 13.2 Å². The zero-order valence-electron chi connectivity index (χ0n) is 15.1. The second-order valence-corrected chi connectivity index (χ2v) is 6.71. The van der Waals surface area contributed by atoms with Gasteiger partial charge in [-0.15, -0.1) is 0 Å². The number of benzene rings is 2. The molecule has 27 heavy (non-hydrogen) atoms. The number of phenols is 1. The highest BCUT2D eigenvalue weighted by Crippen LogP contribution is 2.24. The second kappa shape index (κ2) is 8.18. The molecule has 0 spiro atoms. The van der Waals surface area contributed by atoms with Crippen molar-refractivity contribution in [3.05, 3.63) is 69.3 Å². The number of carbonyl (C=O) groups is 1. The maximum Gasteiger partial charge on any atom is 0.273 e. The molecule has 0 radical (unpaired) electrons. The molecular weight excluding hydrogens is 348 g/mol. The van der Waals surface area contributed by atoms with Gasteiger partial charge in [0.1, 0.15) is 5.75 Å². The van der Waals surface area contributed by atoms with E-state index < -0.39 is 4.92 Å². The molecule has 1 fully saturated rings. The number of ether oxygens (including phenoxy) is 1. The molecule has 7 heteroatoms. The van der Waals surface area contributed by atoms with Crippen LogP contribution in [0.15, 0.2) is 42.5 Å². The molecule has 0 aliphatic carbocycles. The van der Waals surface area contributed by atoms with Crippen molar-refractivity contribution < 1.29 is 19.6 Å². The van der Waals surface area contributed by atoms with Gasteiger partial charge in [0.25, 0.3) is 11.6 Å². The highest BCUT2D eigenvalue weighted by molar-refractivity contribution is 5.95. The number of phenolic OH excluding ortho intramolecular Hbond substituents is 1. The van der Waals surface area contributed by atoms with E-state index in [-0.39, 0.29) is 35.6 Å². The molecule has 0 aromatic heterocycles. The van der Waals surface area contributed by atoms with E-state index in [1.807, 2.05) is 0 Å². The lowest BCUT2D eigenvalue weighted by Gasteiger charge is -2.26. The number of para-hydroxylation sites is 1. The van der Waals surface area contributed by atoms with Crippen LogP contribution in [0.2, 0.25) is 0 Å². The molecule has 2 aromatic rings. The molecule has 1 N–H and O–H groups in total. The minimum atomic E-state index is -0.487. The first-order valence-corrected chi connectivity index (χ1v) is 8.88. The van der Waals surface area contributed by atoms with E-state index in [2.05, 4.69) is 0 Å². The minimum absolute atomic E-state index is 0.0692. The van der Waals surface area contributed by atoms with Crippen LogP contribution in [0, 0.1) is 17.0 Å². The lowest BCUT2D eigenvalue weighted by atomic mass is 10.1. The molecule has 1 amide bonds. The third-order valence-electron chi connectivity index (χ3n) is 4.74. The van der Waals surface area contributed by atoms with Gasteiger partial charge in [0.05, 0.1) is 11.0 Å². The SMILES string of the molecule is Cc1ccc(C(=O)N(Cc2ccccc2O)CC2CCCO2)cc1[N+](=O)[O-]. The van der Waals surface area contributed by atoms with Gasteiger partial charge >= 0.3 is 0 Å². The molecule has 2 aromatic carbocycles. The number of hydrogen-bond acceptors (Lipinski definition) is 5. The molecule has 1 unspecified atom stereocenters. The van der Waals surface area contributed by atoms with Crippen molar-refractivity contribution in [1.82, 2.24) is 4.90 Å². The third kappa shape index (κ3) is 4.43. The van der Waals surface area contributed by atoms with E-state index in [0.717, 1.165) is 12.8 Å². The summed E-state index contributed by atoms with van der Waals surface area (Å²) < 4.78 is 5.65. The van der Waals surface area contributed by atoms with Gasteiger partial charge in [0.2, 0.25) is 0 Å². The van der Waals surface area contributed by atoms with Gasteiger partial charge in [-0.25, -0.2) is 0 Å². The van der Waals surface area contributed by atoms with Crippen molar-refractivity contribution in [3.63, 3.8) is 0 Å². The van der Waals surface area contributed by atoms with E-state index in [1.165, 1.54) is 6.07 Å². The van der Waals surface area contributed by atoms with Crippen LogP contribution in [-0.2, 0) is 11.3 Å². The highest BCUT2D eigenvalue weighted by atomic mass is 16.6. The molecule has 1 aliphatic rings. The van der Waals surface area contributed by atoms with E-state index >= 15 is 0 Å². The first-order valence-electron chi connectivity index (χ1n) is 8.88. The third-order valence-corrected chi connectivity index (χ3v) is 4.74. The number of aryl methyl sites for hydroxylation is 1. The summed E-state index contributed by atoms with van der Waals surface area (Å²) >= 11 is 0. The molecule has 142 valence electrons. The lowest BCUT2D eigenvalue weighted by Crippen LogP contribution is -2.37. The standard InChI is InChI=1S/C20H22N2O5/c1-14-8-9-15(11-18(14)22(25)26)20(24)21(13-17-6-4-10-27-17)12-16-5-2-3-7-19(16)23/h2-3,5,7-9,11,17,23H,4,6,10,12-13H2,1H3. The van der Waals surface area contributed by atoms with Crippen LogP contribution in [0.4, 0.5) is 5.69 Å². The topological polar surface area (TPSA) is 92.9 Å². The van der Waals surface area contributed by atoms with Crippen LogP contribution in [0.5, 0.6) is 5.75 Å². The maximum atomic E-state index is 13.1. The molecule has 7 nitrogen and oxygen atoms in total. The number of nitrogens with zero attached hydrogens (tertiary/aromatic N) is 2. The van der Waals surface area contributed by atoms with Gasteiger partial charge in [0.15, 0.2) is 0 Å². The molecule has 1 saturated heterocycles. The van der Waals surface area contributed by atoms with Crippen LogP contribution in [0.25, 0.3) is 0 Å². The molecular formula is C20H22N2O5. The predicted octanol–water partition coefficient (Wildman–Crippen LogP) is 3.43. The lowest BCUT2D eigenvalue weighted by molar-refractivity contribution is -0.385. The van der Waals surface area contributed by atoms with E-state index in [4.69, 9.17) is 4.74 Å². The zero-order valence-corrected chi connectivity index (χ0v) is 15.1. The van der Waals surface area contributed by atoms with Crippen molar-refractivity contribution in [3.8, 4) is 5.75 Å². The molecule has 1 atom stereocenters. The summed E-state index contributed by atoms with van der Waals surface area (Å²) in [5.41, 5.74) is 1.29. The Morgan fingerprint density at radius 2 is 2.11 bits per heavy atom. The van der Waals surface area contributed by atoms with Crippen molar-refractivity contribution in [2.45, 2.75) is 32.4 Å². The predicted molar refractivity (Wildman–Crippen MR) is 99.7 cm³/mol. The number of amides is 1. The molecule has 1 heterocycles. The summed E-state index contributed by atoms with van der Waals surface area (Å²) in [4.78, 5) is 25.4. The fraction of sp³-hybridized carbons (Fsp3) is 0.350. The van der Waals surface area contributed by atoms with Gasteiger partial charge in [-0.2, -0.15) is 0 Å². The highest BCUT2D eigenvalue weighted by Gasteiger charge is 2.25. The van der Waals surface area contributed by atoms with Crippen molar-refractivity contribution >= 4 is 11.6 Å². The van der Waals surface area contributed by atoms with Crippen LogP contribution in [0.3, 0.4) is 0 Å². The summed E-state index contributed by atoms with van der Waals surface area (Å²) in [5, 5.41) is 21.3. The van der Waals surface area contributed by atoms with E-state index in [1.54, 1.807) is 48.2 Å². The number of carbonyl (C=O) groups excluding carboxylic acids is 1. The van der Waals surface area contributed by atoms with Gasteiger partial charge in [-0.3, -0.25) is 14.9 Å². The normalized spacial score (nSPS) is 16.3. The van der Waals surface area contributed by atoms with Gasteiger partial charge < -0.3 is 14.7 Å². The summed E-state index contributed by atoms with van der Waals surface area (Å²) in [6.07, 6.45) is 1.73. The quantitative estimate of drug-likeness (QED) is 0.621. The monoisotopic (exact) mass is 370 g/mol. The van der Waals surface area contributed by atoms with Gasteiger partial charge in [-0.1, -0.05) is 24.3 Å².